The Balaban J connectivity index is 1.32. The highest BCUT2D eigenvalue weighted by molar-refractivity contribution is 4.92. The first-order valence-corrected chi connectivity index (χ1v) is 9.37. The molecule has 4 rings (SSSR count). The molecule has 0 radical (unpaired) electrons. The van der Waals surface area contributed by atoms with Crippen LogP contribution in [0.5, 0.6) is 0 Å². The first kappa shape index (κ1) is 14.5. The highest BCUT2D eigenvalue weighted by atomic mass is 16.7. The molecule has 3 heteroatoms. The second-order valence-electron chi connectivity index (χ2n) is 7.87. The first-order valence-electron chi connectivity index (χ1n) is 9.37. The maximum Gasteiger partial charge on any atom is 0.169 e. The number of piperidine rings is 1. The van der Waals surface area contributed by atoms with Crippen LogP contribution in [-0.4, -0.2) is 43.0 Å². The normalized spacial score (nSPS) is 44.9. The molecular formula is C18H31NO2. The fourth-order valence-electron chi connectivity index (χ4n) is 5.21. The van der Waals surface area contributed by atoms with Gasteiger partial charge in [-0.3, -0.25) is 0 Å². The van der Waals surface area contributed by atoms with Crippen LogP contribution in [0.1, 0.15) is 64.2 Å². The van der Waals surface area contributed by atoms with Crippen molar-refractivity contribution in [3.8, 4) is 0 Å². The van der Waals surface area contributed by atoms with Crippen LogP contribution in [0.25, 0.3) is 0 Å². The van der Waals surface area contributed by atoms with Crippen molar-refractivity contribution in [3.05, 3.63) is 0 Å². The molecule has 2 aliphatic heterocycles. The fourth-order valence-corrected chi connectivity index (χ4v) is 5.21. The van der Waals surface area contributed by atoms with Crippen molar-refractivity contribution in [2.24, 2.45) is 11.8 Å². The van der Waals surface area contributed by atoms with Gasteiger partial charge in [-0.05, 0) is 50.6 Å². The smallest absolute Gasteiger partial charge is 0.169 e. The molecule has 0 aromatic rings. The summed E-state index contributed by atoms with van der Waals surface area (Å²) in [7, 11) is 0. The molecule has 0 amide bonds. The topological polar surface area (TPSA) is 21.7 Å². The zero-order valence-corrected chi connectivity index (χ0v) is 13.4. The average Bonchev–Trinajstić information content (AvgIpc) is 2.90. The summed E-state index contributed by atoms with van der Waals surface area (Å²) in [6, 6.07) is 0. The molecule has 2 heterocycles. The van der Waals surface area contributed by atoms with Gasteiger partial charge in [0.2, 0.25) is 0 Å². The third-order valence-electron chi connectivity index (χ3n) is 6.36. The lowest BCUT2D eigenvalue weighted by atomic mass is 9.69. The predicted octanol–water partition coefficient (Wildman–Crippen LogP) is 3.57. The molecule has 4 fully saturated rings. The van der Waals surface area contributed by atoms with E-state index in [2.05, 4.69) is 4.90 Å². The lowest BCUT2D eigenvalue weighted by molar-refractivity contribution is -0.208. The van der Waals surface area contributed by atoms with Gasteiger partial charge in [0.25, 0.3) is 0 Å². The Hall–Kier alpha value is -0.120. The molecule has 4 atom stereocenters. The van der Waals surface area contributed by atoms with E-state index in [4.69, 9.17) is 9.47 Å². The van der Waals surface area contributed by atoms with Gasteiger partial charge < -0.3 is 14.4 Å². The van der Waals surface area contributed by atoms with E-state index in [1.165, 1.54) is 70.9 Å². The summed E-state index contributed by atoms with van der Waals surface area (Å²) in [6.07, 6.45) is 13.9. The van der Waals surface area contributed by atoms with Gasteiger partial charge >= 0.3 is 0 Å². The van der Waals surface area contributed by atoms with Crippen molar-refractivity contribution < 1.29 is 9.47 Å². The monoisotopic (exact) mass is 293 g/mol. The Morgan fingerprint density at radius 1 is 0.905 bits per heavy atom. The highest BCUT2D eigenvalue weighted by Crippen LogP contribution is 2.48. The quantitative estimate of drug-likeness (QED) is 0.777. The van der Waals surface area contributed by atoms with Crippen molar-refractivity contribution in [1.29, 1.82) is 0 Å². The molecule has 2 saturated heterocycles. The summed E-state index contributed by atoms with van der Waals surface area (Å²) < 4.78 is 12.7. The van der Waals surface area contributed by atoms with Crippen LogP contribution in [0.2, 0.25) is 0 Å². The minimum atomic E-state index is -0.195. The first-order chi connectivity index (χ1) is 10.3. The van der Waals surface area contributed by atoms with Gasteiger partial charge in [-0.1, -0.05) is 25.7 Å². The molecule has 21 heavy (non-hydrogen) atoms. The van der Waals surface area contributed by atoms with E-state index in [0.29, 0.717) is 6.10 Å². The molecule has 2 saturated carbocycles. The molecule has 1 spiro atoms. The molecule has 0 bridgehead atoms. The Bertz CT molecular complexity index is 355. The molecule has 0 N–H and O–H groups in total. The average molecular weight is 293 g/mol. The summed E-state index contributed by atoms with van der Waals surface area (Å²) in [5.74, 6) is 1.65. The van der Waals surface area contributed by atoms with E-state index < -0.39 is 0 Å². The molecule has 2 aliphatic carbocycles. The van der Waals surface area contributed by atoms with E-state index in [-0.39, 0.29) is 5.79 Å². The van der Waals surface area contributed by atoms with E-state index in [9.17, 15) is 0 Å². The number of rotatable bonds is 2. The molecule has 120 valence electrons. The van der Waals surface area contributed by atoms with Gasteiger partial charge in [-0.2, -0.15) is 0 Å². The summed E-state index contributed by atoms with van der Waals surface area (Å²) in [6.45, 7) is 4.44. The molecule has 3 nitrogen and oxygen atoms in total. The number of ether oxygens (including phenoxy) is 2. The molecular weight excluding hydrogens is 262 g/mol. The van der Waals surface area contributed by atoms with Crippen LogP contribution in [-0.2, 0) is 9.47 Å². The van der Waals surface area contributed by atoms with Crippen LogP contribution in [0, 0.1) is 11.8 Å². The maximum atomic E-state index is 6.48. The standard InChI is InChI=1S/C18H31NO2/c1-4-10-19(11-5-1)13-17-14-20-18(21-17)9-8-15-6-2-3-7-16(15)12-18/h15-17H,1-14H2/t15-,16-,17+,18+/m1/s1. The SMILES string of the molecule is C1CCN(C[C@H]2CO[C@@]3(CC[C@H]4CCCC[C@@H]4C3)O2)CC1. The molecule has 0 unspecified atom stereocenters. The maximum absolute atomic E-state index is 6.48. The zero-order chi connectivity index (χ0) is 14.1. The predicted molar refractivity (Wildman–Crippen MR) is 83.1 cm³/mol. The van der Waals surface area contributed by atoms with Crippen molar-refractivity contribution in [3.63, 3.8) is 0 Å². The molecule has 0 aromatic heterocycles. The number of hydrogen-bond acceptors (Lipinski definition) is 3. The minimum Gasteiger partial charge on any atom is -0.347 e. The van der Waals surface area contributed by atoms with Crippen molar-refractivity contribution in [1.82, 2.24) is 4.90 Å². The summed E-state index contributed by atoms with van der Waals surface area (Å²) in [4.78, 5) is 2.59. The number of likely N-dealkylation sites (tertiary alicyclic amines) is 1. The Morgan fingerprint density at radius 3 is 2.57 bits per heavy atom. The number of fused-ring (bicyclic) bond motifs is 1. The van der Waals surface area contributed by atoms with E-state index in [1.807, 2.05) is 0 Å². The molecule has 4 aliphatic rings. The van der Waals surface area contributed by atoms with Crippen LogP contribution in [0.4, 0.5) is 0 Å². The lowest BCUT2D eigenvalue weighted by Crippen LogP contribution is -2.43. The van der Waals surface area contributed by atoms with Gasteiger partial charge in [0, 0.05) is 19.4 Å². The number of nitrogens with zero attached hydrogens (tertiary/aromatic N) is 1. The second kappa shape index (κ2) is 6.17. The van der Waals surface area contributed by atoms with Crippen molar-refractivity contribution >= 4 is 0 Å². The van der Waals surface area contributed by atoms with E-state index in [1.54, 1.807) is 0 Å². The van der Waals surface area contributed by atoms with E-state index in [0.717, 1.165) is 31.4 Å². The fraction of sp³-hybridized carbons (Fsp3) is 1.00. The largest absolute Gasteiger partial charge is 0.347 e. The van der Waals surface area contributed by atoms with Gasteiger partial charge in [-0.15, -0.1) is 0 Å². The van der Waals surface area contributed by atoms with Gasteiger partial charge in [0.1, 0.15) is 0 Å². The van der Waals surface area contributed by atoms with Gasteiger partial charge in [0.05, 0.1) is 12.7 Å². The van der Waals surface area contributed by atoms with Crippen LogP contribution >= 0.6 is 0 Å². The molecule has 0 aromatic carbocycles. The number of hydrogen-bond donors (Lipinski definition) is 0. The summed E-state index contributed by atoms with van der Waals surface area (Å²) in [5.41, 5.74) is 0. The Morgan fingerprint density at radius 2 is 1.71 bits per heavy atom. The third kappa shape index (κ3) is 3.16. The van der Waals surface area contributed by atoms with Gasteiger partial charge in [-0.25, -0.2) is 0 Å². The third-order valence-corrected chi connectivity index (χ3v) is 6.36. The Kier molecular flexibility index (Phi) is 4.25. The summed E-state index contributed by atoms with van der Waals surface area (Å²) >= 11 is 0. The van der Waals surface area contributed by atoms with Crippen molar-refractivity contribution in [2.45, 2.75) is 76.1 Å². The highest BCUT2D eigenvalue weighted by Gasteiger charge is 2.48. The van der Waals surface area contributed by atoms with Crippen LogP contribution in [0.15, 0.2) is 0 Å². The second-order valence-corrected chi connectivity index (χ2v) is 7.87. The minimum absolute atomic E-state index is 0.195. The van der Waals surface area contributed by atoms with Gasteiger partial charge in [0.15, 0.2) is 5.79 Å². The Labute approximate surface area is 129 Å². The summed E-state index contributed by atoms with van der Waals surface area (Å²) in [5, 5.41) is 0. The van der Waals surface area contributed by atoms with Crippen LogP contribution in [0.3, 0.4) is 0 Å². The lowest BCUT2D eigenvalue weighted by Gasteiger charge is -2.43. The van der Waals surface area contributed by atoms with E-state index >= 15 is 0 Å². The zero-order valence-electron chi connectivity index (χ0n) is 13.4. The van der Waals surface area contributed by atoms with Crippen LogP contribution < -0.4 is 0 Å². The van der Waals surface area contributed by atoms with Crippen molar-refractivity contribution in [2.75, 3.05) is 26.2 Å².